The molecule has 0 aliphatic heterocycles. The molecule has 0 aromatic rings. The van der Waals surface area contributed by atoms with Crippen molar-refractivity contribution in [3.05, 3.63) is 0 Å². The van der Waals surface area contributed by atoms with Crippen molar-refractivity contribution in [2.24, 2.45) is 0 Å². The van der Waals surface area contributed by atoms with Crippen LogP contribution in [0.15, 0.2) is 0 Å². The molecule has 0 aliphatic carbocycles. The van der Waals surface area contributed by atoms with Crippen molar-refractivity contribution in [3.63, 3.8) is 0 Å². The number of rotatable bonds is 8. The van der Waals surface area contributed by atoms with Gasteiger partial charge in [0.1, 0.15) is 0 Å². The summed E-state index contributed by atoms with van der Waals surface area (Å²) in [6.07, 6.45) is -15.8. The maximum atomic E-state index is 13.3. The minimum atomic E-state index is -9.51. The third-order valence-electron chi connectivity index (χ3n) is 3.39. The number of alkyl halides is 20. The van der Waals surface area contributed by atoms with Crippen LogP contribution in [0, 0.1) is 0 Å². The molecule has 34 heavy (non-hydrogen) atoms. The standard InChI is InChI=1S/C9F21NO2S/c10-1(11,3(14,15)6(20,21)22)2(12,13)4(16,17)9(28,29)34(32,33)31(30)8(26,27)5(18,19)7(23,24)25. The molecule has 0 saturated carbocycles. The Labute approximate surface area is 170 Å². The summed E-state index contributed by atoms with van der Waals surface area (Å²) in [5.74, 6) is -43.5. The molecule has 0 atom stereocenters. The number of sulfonamides is 1. The van der Waals surface area contributed by atoms with Gasteiger partial charge in [0.05, 0.1) is 0 Å². The maximum Gasteiger partial charge on any atom is 0.461 e. The van der Waals surface area contributed by atoms with Crippen LogP contribution >= 0.6 is 0 Å². The highest BCUT2D eigenvalue weighted by Crippen LogP contribution is 2.62. The molecule has 0 heterocycles. The van der Waals surface area contributed by atoms with Crippen LogP contribution in [0.4, 0.5) is 92.3 Å². The van der Waals surface area contributed by atoms with Gasteiger partial charge in [-0.1, -0.05) is 0 Å². The molecule has 25 heteroatoms. The highest BCUT2D eigenvalue weighted by molar-refractivity contribution is 7.90. The van der Waals surface area contributed by atoms with Gasteiger partial charge in [-0.15, -0.1) is 4.48 Å². The second-order valence-corrected chi connectivity index (χ2v) is 7.43. The van der Waals surface area contributed by atoms with Crippen molar-refractivity contribution in [3.8, 4) is 0 Å². The molecule has 0 fully saturated rings. The molecule has 3 nitrogen and oxygen atoms in total. The lowest BCUT2D eigenvalue weighted by atomic mass is 9.98. The fraction of sp³-hybridized carbons (Fsp3) is 1.00. The van der Waals surface area contributed by atoms with E-state index in [-0.39, 0.29) is 0 Å². The molecule has 0 radical (unpaired) electrons. The first-order valence-corrected chi connectivity index (χ1v) is 8.08. The van der Waals surface area contributed by atoms with Gasteiger partial charge in [-0.05, 0) is 0 Å². The summed E-state index contributed by atoms with van der Waals surface area (Å²) in [7, 11) is -9.51. The summed E-state index contributed by atoms with van der Waals surface area (Å²) in [5, 5.41) is -8.82. The third-order valence-corrected chi connectivity index (χ3v) is 4.95. The summed E-state index contributed by atoms with van der Waals surface area (Å²) in [6, 6.07) is -8.28. The summed E-state index contributed by atoms with van der Waals surface area (Å²) < 4.78 is 282. The van der Waals surface area contributed by atoms with Gasteiger partial charge in [-0.3, -0.25) is 0 Å². The predicted octanol–water partition coefficient (Wildman–Crippen LogP) is 5.99. The Morgan fingerprint density at radius 3 is 0.941 bits per heavy atom. The van der Waals surface area contributed by atoms with E-state index in [1.165, 1.54) is 0 Å². The van der Waals surface area contributed by atoms with Crippen LogP contribution in [0.3, 0.4) is 0 Å². The molecule has 0 aromatic carbocycles. The zero-order chi connectivity index (χ0) is 28.6. The van der Waals surface area contributed by atoms with E-state index in [4.69, 9.17) is 0 Å². The summed E-state index contributed by atoms with van der Waals surface area (Å²) >= 11 is 0. The van der Waals surface area contributed by atoms with Gasteiger partial charge in [0.15, 0.2) is 0 Å². The molecule has 0 amide bonds. The van der Waals surface area contributed by atoms with Crippen molar-refractivity contribution in [1.82, 2.24) is 4.53 Å². The zero-order valence-corrected chi connectivity index (χ0v) is 14.9. The van der Waals surface area contributed by atoms with Crippen LogP contribution in [0.25, 0.3) is 0 Å². The van der Waals surface area contributed by atoms with Gasteiger partial charge in [-0.2, -0.15) is 87.8 Å². The van der Waals surface area contributed by atoms with Gasteiger partial charge in [-0.25, -0.2) is 8.42 Å². The van der Waals surface area contributed by atoms with Gasteiger partial charge >= 0.3 is 63.3 Å². The Morgan fingerprint density at radius 2 is 0.676 bits per heavy atom. The molecular weight excluding hydrogens is 585 g/mol. The average molecular weight is 585 g/mol. The van der Waals surface area contributed by atoms with Gasteiger partial charge in [0, 0.05) is 4.53 Å². The Bertz CT molecular complexity index is 866. The van der Waals surface area contributed by atoms with Gasteiger partial charge < -0.3 is 0 Å². The van der Waals surface area contributed by atoms with Crippen molar-refractivity contribution in [2.75, 3.05) is 0 Å². The fourth-order valence-electron chi connectivity index (χ4n) is 1.45. The van der Waals surface area contributed by atoms with Gasteiger partial charge in [0.25, 0.3) is 0 Å². The lowest BCUT2D eigenvalue weighted by Gasteiger charge is -2.40. The quantitative estimate of drug-likeness (QED) is 0.200. The Kier molecular flexibility index (Phi) is 7.36. The largest absolute Gasteiger partial charge is 0.461 e. The van der Waals surface area contributed by atoms with Crippen molar-refractivity contribution in [1.29, 1.82) is 0 Å². The normalized spacial score (nSPS) is 16.9. The van der Waals surface area contributed by atoms with E-state index in [1.54, 1.807) is 0 Å². The van der Waals surface area contributed by atoms with Crippen molar-refractivity contribution >= 4 is 10.0 Å². The van der Waals surface area contributed by atoms with Crippen molar-refractivity contribution < 1.29 is 101 Å². The first-order valence-electron chi connectivity index (χ1n) is 6.64. The highest BCUT2D eigenvalue weighted by atomic mass is 32.2. The van der Waals surface area contributed by atoms with E-state index >= 15 is 0 Å². The second kappa shape index (κ2) is 7.72. The predicted molar refractivity (Wildman–Crippen MR) is 58.6 cm³/mol. The number of halogens is 21. The topological polar surface area (TPSA) is 37.4 Å². The first kappa shape index (κ1) is 32.4. The van der Waals surface area contributed by atoms with E-state index in [1.807, 2.05) is 0 Å². The first-order chi connectivity index (χ1) is 14.2. The SMILES string of the molecule is O=S(=O)(N(F)C(F)(F)C(F)(F)C(F)(F)F)C(F)(F)C(F)(F)C(F)(F)C(F)(F)C(F)(F)C(F)(F)F. The zero-order valence-electron chi connectivity index (χ0n) is 14.1. The molecule has 0 rings (SSSR count). The summed E-state index contributed by atoms with van der Waals surface area (Å²) in [5.41, 5.74) is 0. The molecule has 0 bridgehead atoms. The smallest absolute Gasteiger partial charge is 0.203 e. The average Bonchev–Trinajstić information content (AvgIpc) is 2.57. The van der Waals surface area contributed by atoms with Crippen LogP contribution < -0.4 is 0 Å². The Morgan fingerprint density at radius 1 is 0.412 bits per heavy atom. The molecule has 0 saturated heterocycles. The molecular formula is C9F21NO2S. The summed E-state index contributed by atoms with van der Waals surface area (Å²) in [4.78, 5) is 0. The minimum absolute atomic E-state index is 4.84. The third kappa shape index (κ3) is 3.88. The van der Waals surface area contributed by atoms with E-state index in [0.717, 1.165) is 0 Å². The van der Waals surface area contributed by atoms with E-state index in [2.05, 4.69) is 0 Å². The maximum absolute atomic E-state index is 13.3. The molecule has 0 N–H and O–H groups in total. The van der Waals surface area contributed by atoms with E-state index in [0.29, 0.717) is 0 Å². The number of hydrogen-bond donors (Lipinski definition) is 0. The lowest BCUT2D eigenvalue weighted by molar-refractivity contribution is -0.434. The Balaban J connectivity index is 6.98. The van der Waals surface area contributed by atoms with Crippen LogP contribution in [-0.2, 0) is 10.0 Å². The van der Waals surface area contributed by atoms with Crippen LogP contribution in [-0.4, -0.2) is 66.2 Å². The molecule has 0 aliphatic rings. The molecule has 0 spiro atoms. The molecule has 0 unspecified atom stereocenters. The fourth-order valence-corrected chi connectivity index (χ4v) is 2.52. The van der Waals surface area contributed by atoms with Crippen LogP contribution in [0.1, 0.15) is 0 Å². The van der Waals surface area contributed by atoms with Crippen LogP contribution in [0.5, 0.6) is 0 Å². The lowest BCUT2D eigenvalue weighted by Crippen LogP contribution is -2.72. The molecule has 0 aromatic heterocycles. The molecule has 206 valence electrons. The second-order valence-electron chi connectivity index (χ2n) is 5.65. The van der Waals surface area contributed by atoms with Crippen molar-refractivity contribution in [2.45, 2.75) is 53.3 Å². The van der Waals surface area contributed by atoms with Crippen LogP contribution in [0.2, 0.25) is 0 Å². The highest BCUT2D eigenvalue weighted by Gasteiger charge is 2.93. The van der Waals surface area contributed by atoms with Gasteiger partial charge in [0.2, 0.25) is 0 Å². The van der Waals surface area contributed by atoms with E-state index < -0.39 is 67.8 Å². The minimum Gasteiger partial charge on any atom is -0.203 e. The monoisotopic (exact) mass is 585 g/mol. The number of hydrogen-bond acceptors (Lipinski definition) is 2. The summed E-state index contributed by atoms with van der Waals surface area (Å²) in [6.45, 7) is 0. The number of nitrogens with zero attached hydrogens (tertiary/aromatic N) is 1. The van der Waals surface area contributed by atoms with E-state index in [9.17, 15) is 101 Å². The Hall–Kier alpha value is -1.56.